The van der Waals surface area contributed by atoms with E-state index in [1.54, 1.807) is 43.3 Å². The van der Waals surface area contributed by atoms with E-state index in [1.807, 2.05) is 18.2 Å². The van der Waals surface area contributed by atoms with Crippen LogP contribution < -0.4 is 14.8 Å². The standard InChI is InChI=1S/C28H32N2O6S/c1-21-18-23(15-16-26(21)36-20-27(31)32)19-25(30-37(34,35)24-13-6-3-7-14-24)28(33)29-17-9-8-12-22-10-4-2-5-11-22/h2-7,10-11,13-16,18,25,30H,8-9,12,17,19-20H2,1H3,(H,29,33)(H,31,32)/t25-/m0/s1. The van der Waals surface area contributed by atoms with Crippen molar-refractivity contribution in [3.8, 4) is 5.75 Å². The number of ether oxygens (including phenoxy) is 1. The van der Waals surface area contributed by atoms with Gasteiger partial charge in [0.15, 0.2) is 6.61 Å². The largest absolute Gasteiger partial charge is 0.482 e. The van der Waals surface area contributed by atoms with Crippen molar-refractivity contribution in [2.24, 2.45) is 0 Å². The minimum absolute atomic E-state index is 0.0734. The van der Waals surface area contributed by atoms with Gasteiger partial charge in [-0.2, -0.15) is 4.72 Å². The Morgan fingerprint density at radius 1 is 0.919 bits per heavy atom. The number of sulfonamides is 1. The van der Waals surface area contributed by atoms with E-state index in [2.05, 4.69) is 22.2 Å². The van der Waals surface area contributed by atoms with E-state index in [4.69, 9.17) is 9.84 Å². The summed E-state index contributed by atoms with van der Waals surface area (Å²) in [6.45, 7) is 1.72. The molecular weight excluding hydrogens is 492 g/mol. The number of rotatable bonds is 14. The molecule has 8 nitrogen and oxygen atoms in total. The van der Waals surface area contributed by atoms with Crippen molar-refractivity contribution >= 4 is 21.9 Å². The molecule has 0 aliphatic heterocycles. The van der Waals surface area contributed by atoms with Gasteiger partial charge in [-0.25, -0.2) is 13.2 Å². The zero-order valence-corrected chi connectivity index (χ0v) is 21.5. The number of hydrogen-bond acceptors (Lipinski definition) is 5. The van der Waals surface area contributed by atoms with Crippen LogP contribution in [0.3, 0.4) is 0 Å². The quantitative estimate of drug-likeness (QED) is 0.278. The SMILES string of the molecule is Cc1cc(C[C@H](NS(=O)(=O)c2ccccc2)C(=O)NCCCCc2ccccc2)ccc1OCC(=O)O. The molecule has 0 radical (unpaired) electrons. The molecule has 9 heteroatoms. The van der Waals surface area contributed by atoms with E-state index >= 15 is 0 Å². The highest BCUT2D eigenvalue weighted by Gasteiger charge is 2.26. The molecule has 1 atom stereocenters. The second kappa shape index (κ2) is 13.6. The van der Waals surface area contributed by atoms with Gasteiger partial charge in [-0.15, -0.1) is 0 Å². The van der Waals surface area contributed by atoms with Crippen molar-refractivity contribution in [3.63, 3.8) is 0 Å². The number of benzene rings is 3. The lowest BCUT2D eigenvalue weighted by Gasteiger charge is -2.19. The lowest BCUT2D eigenvalue weighted by Crippen LogP contribution is -2.48. The van der Waals surface area contributed by atoms with Crippen LogP contribution in [0.5, 0.6) is 5.75 Å². The topological polar surface area (TPSA) is 122 Å². The highest BCUT2D eigenvalue weighted by molar-refractivity contribution is 7.89. The average Bonchev–Trinajstić information content (AvgIpc) is 2.88. The Labute approximate surface area is 217 Å². The maximum atomic E-state index is 13.1. The molecule has 0 aliphatic carbocycles. The fourth-order valence-electron chi connectivity index (χ4n) is 3.85. The summed E-state index contributed by atoms with van der Waals surface area (Å²) in [5.74, 6) is -1.09. The minimum atomic E-state index is -3.93. The Kier molecular flexibility index (Phi) is 10.2. The fourth-order valence-corrected chi connectivity index (χ4v) is 5.07. The van der Waals surface area contributed by atoms with E-state index in [0.717, 1.165) is 19.3 Å². The number of aliphatic carboxylic acids is 1. The molecule has 0 heterocycles. The smallest absolute Gasteiger partial charge is 0.341 e. The van der Waals surface area contributed by atoms with Gasteiger partial charge >= 0.3 is 5.97 Å². The van der Waals surface area contributed by atoms with Gasteiger partial charge in [0.2, 0.25) is 15.9 Å². The van der Waals surface area contributed by atoms with Gasteiger partial charge in [0.25, 0.3) is 0 Å². The number of carboxylic acid groups (broad SMARTS) is 1. The lowest BCUT2D eigenvalue weighted by atomic mass is 10.0. The summed E-state index contributed by atoms with van der Waals surface area (Å²) >= 11 is 0. The van der Waals surface area contributed by atoms with Crippen LogP contribution in [0, 0.1) is 6.92 Å². The van der Waals surface area contributed by atoms with E-state index in [-0.39, 0.29) is 11.3 Å². The highest BCUT2D eigenvalue weighted by Crippen LogP contribution is 2.20. The van der Waals surface area contributed by atoms with Crippen LogP contribution in [0.4, 0.5) is 0 Å². The third-order valence-electron chi connectivity index (χ3n) is 5.73. The first-order valence-electron chi connectivity index (χ1n) is 12.1. The third kappa shape index (κ3) is 9.04. The zero-order valence-electron chi connectivity index (χ0n) is 20.7. The molecule has 3 aromatic carbocycles. The molecule has 0 fully saturated rings. The maximum Gasteiger partial charge on any atom is 0.341 e. The van der Waals surface area contributed by atoms with Gasteiger partial charge in [-0.1, -0.05) is 60.7 Å². The summed E-state index contributed by atoms with van der Waals surface area (Å²) in [6.07, 6.45) is 2.66. The van der Waals surface area contributed by atoms with E-state index in [0.29, 0.717) is 23.4 Å². The molecule has 0 bridgehead atoms. The van der Waals surface area contributed by atoms with Crippen molar-refractivity contribution in [2.45, 2.75) is 43.5 Å². The molecule has 0 aliphatic rings. The molecule has 3 N–H and O–H groups in total. The maximum absolute atomic E-state index is 13.1. The number of hydrogen-bond donors (Lipinski definition) is 3. The number of carbonyl (C=O) groups excluding carboxylic acids is 1. The molecule has 37 heavy (non-hydrogen) atoms. The van der Waals surface area contributed by atoms with Crippen molar-refractivity contribution in [1.82, 2.24) is 10.0 Å². The summed E-state index contributed by atoms with van der Waals surface area (Å²) in [7, 11) is -3.93. The van der Waals surface area contributed by atoms with E-state index in [9.17, 15) is 18.0 Å². The fraction of sp³-hybridized carbons (Fsp3) is 0.286. The predicted molar refractivity (Wildman–Crippen MR) is 141 cm³/mol. The van der Waals surface area contributed by atoms with Crippen LogP contribution in [-0.4, -0.2) is 44.6 Å². The molecule has 0 saturated carbocycles. The molecule has 1 amide bonds. The Morgan fingerprint density at radius 2 is 1.59 bits per heavy atom. The first kappa shape index (κ1) is 27.9. The number of aryl methyl sites for hydroxylation is 2. The lowest BCUT2D eigenvalue weighted by molar-refractivity contribution is -0.139. The van der Waals surface area contributed by atoms with Crippen LogP contribution in [0.2, 0.25) is 0 Å². The molecule has 0 spiro atoms. The second-order valence-electron chi connectivity index (χ2n) is 8.71. The van der Waals surface area contributed by atoms with Gasteiger partial charge in [0.05, 0.1) is 4.90 Å². The molecular formula is C28H32N2O6S. The predicted octanol–water partition coefficient (Wildman–Crippen LogP) is 3.49. The van der Waals surface area contributed by atoms with Crippen LogP contribution in [0.1, 0.15) is 29.5 Å². The summed E-state index contributed by atoms with van der Waals surface area (Å²) < 4.78 is 33.8. The summed E-state index contributed by atoms with van der Waals surface area (Å²) in [6, 6.07) is 22.0. The van der Waals surface area contributed by atoms with Crippen molar-refractivity contribution in [1.29, 1.82) is 0 Å². The van der Waals surface area contributed by atoms with Crippen LogP contribution in [-0.2, 0) is 32.5 Å². The van der Waals surface area contributed by atoms with Crippen LogP contribution in [0.15, 0.2) is 83.8 Å². The molecule has 3 rings (SSSR count). The first-order valence-corrected chi connectivity index (χ1v) is 13.6. The monoisotopic (exact) mass is 524 g/mol. The summed E-state index contributed by atoms with van der Waals surface area (Å²) in [4.78, 5) is 24.0. The van der Waals surface area contributed by atoms with Crippen LogP contribution >= 0.6 is 0 Å². The van der Waals surface area contributed by atoms with Crippen LogP contribution in [0.25, 0.3) is 0 Å². The molecule has 0 saturated heterocycles. The molecule has 196 valence electrons. The van der Waals surface area contributed by atoms with Crippen molar-refractivity contribution in [3.05, 3.63) is 95.6 Å². The number of unbranched alkanes of at least 4 members (excludes halogenated alkanes) is 1. The Balaban J connectivity index is 1.67. The Hall–Kier alpha value is -3.69. The number of nitrogens with one attached hydrogen (secondary N) is 2. The Bertz CT molecular complexity index is 1280. The minimum Gasteiger partial charge on any atom is -0.482 e. The van der Waals surface area contributed by atoms with E-state index < -0.39 is 34.5 Å². The number of carboxylic acids is 1. The molecule has 3 aromatic rings. The van der Waals surface area contributed by atoms with E-state index in [1.165, 1.54) is 17.7 Å². The number of amides is 1. The zero-order chi connectivity index (χ0) is 26.7. The summed E-state index contributed by atoms with van der Waals surface area (Å²) in [5, 5.41) is 11.7. The number of carbonyl (C=O) groups is 2. The molecule has 0 unspecified atom stereocenters. The normalized spacial score (nSPS) is 12.0. The van der Waals surface area contributed by atoms with Gasteiger partial charge in [-0.3, -0.25) is 4.79 Å². The van der Waals surface area contributed by atoms with Gasteiger partial charge < -0.3 is 15.2 Å². The van der Waals surface area contributed by atoms with Gasteiger partial charge in [0.1, 0.15) is 11.8 Å². The summed E-state index contributed by atoms with van der Waals surface area (Å²) in [5.41, 5.74) is 2.62. The van der Waals surface area contributed by atoms with Gasteiger partial charge in [-0.05, 0) is 67.5 Å². The first-order chi connectivity index (χ1) is 17.7. The Morgan fingerprint density at radius 3 is 2.24 bits per heavy atom. The van der Waals surface area contributed by atoms with Crippen molar-refractivity contribution in [2.75, 3.05) is 13.2 Å². The average molecular weight is 525 g/mol. The van der Waals surface area contributed by atoms with Crippen molar-refractivity contribution < 1.29 is 27.9 Å². The van der Waals surface area contributed by atoms with Gasteiger partial charge in [0, 0.05) is 6.54 Å². The molecule has 0 aromatic heterocycles. The third-order valence-corrected chi connectivity index (χ3v) is 7.22. The second-order valence-corrected chi connectivity index (χ2v) is 10.4. The highest BCUT2D eigenvalue weighted by atomic mass is 32.2.